The van der Waals surface area contributed by atoms with Crippen LogP contribution in [0.4, 0.5) is 5.69 Å². The number of hydrogen-bond acceptors (Lipinski definition) is 5. The maximum absolute atomic E-state index is 12.9. The number of benzene rings is 1. The Morgan fingerprint density at radius 1 is 1.00 bits per heavy atom. The van der Waals surface area contributed by atoms with E-state index in [1.54, 1.807) is 47.0 Å². The Hall–Kier alpha value is -3.55. The molecule has 0 radical (unpaired) electrons. The standard InChI is InChI=1S/C21H24N4O4/c1-21(2,3)24-19(26)17-14-8-6-7-11-25(14)18(23-17)20(27)22-13-9-10-15(28-4)16(12-13)29-5/h6-12H,1-5H3,(H,22,27)(H,24,26). The van der Waals surface area contributed by atoms with Crippen molar-refractivity contribution in [2.24, 2.45) is 0 Å². The van der Waals surface area contributed by atoms with Gasteiger partial charge in [0.05, 0.1) is 19.7 Å². The van der Waals surface area contributed by atoms with Gasteiger partial charge in [-0.2, -0.15) is 0 Å². The molecule has 3 aromatic rings. The number of pyridine rings is 1. The van der Waals surface area contributed by atoms with Crippen LogP contribution >= 0.6 is 0 Å². The van der Waals surface area contributed by atoms with Gasteiger partial charge in [-0.3, -0.25) is 14.0 Å². The summed E-state index contributed by atoms with van der Waals surface area (Å²) in [5.41, 5.74) is 0.829. The van der Waals surface area contributed by atoms with Crippen LogP contribution in [0.25, 0.3) is 5.52 Å². The summed E-state index contributed by atoms with van der Waals surface area (Å²) in [6.45, 7) is 5.65. The minimum atomic E-state index is -0.451. The SMILES string of the molecule is COc1ccc(NC(=O)c2nc(C(=O)NC(C)(C)C)c3ccccn23)cc1OC. The lowest BCUT2D eigenvalue weighted by atomic mass is 10.1. The largest absolute Gasteiger partial charge is 0.493 e. The van der Waals surface area contributed by atoms with E-state index in [0.29, 0.717) is 22.7 Å². The highest BCUT2D eigenvalue weighted by atomic mass is 16.5. The fourth-order valence-corrected chi connectivity index (χ4v) is 2.87. The minimum Gasteiger partial charge on any atom is -0.493 e. The minimum absolute atomic E-state index is 0.106. The van der Waals surface area contributed by atoms with E-state index in [0.717, 1.165) is 0 Å². The van der Waals surface area contributed by atoms with Gasteiger partial charge in [0.1, 0.15) is 0 Å². The van der Waals surface area contributed by atoms with Gasteiger partial charge >= 0.3 is 0 Å². The summed E-state index contributed by atoms with van der Waals surface area (Å²) in [7, 11) is 3.06. The van der Waals surface area contributed by atoms with E-state index >= 15 is 0 Å². The molecule has 0 saturated heterocycles. The summed E-state index contributed by atoms with van der Waals surface area (Å²) >= 11 is 0. The topological polar surface area (TPSA) is 94.0 Å². The van der Waals surface area contributed by atoms with Crippen LogP contribution in [-0.2, 0) is 0 Å². The van der Waals surface area contributed by atoms with Crippen molar-refractivity contribution in [2.75, 3.05) is 19.5 Å². The van der Waals surface area contributed by atoms with Gasteiger partial charge in [-0.25, -0.2) is 4.98 Å². The van der Waals surface area contributed by atoms with Gasteiger partial charge in [-0.15, -0.1) is 0 Å². The zero-order valence-corrected chi connectivity index (χ0v) is 17.1. The molecule has 29 heavy (non-hydrogen) atoms. The maximum atomic E-state index is 12.9. The number of methoxy groups -OCH3 is 2. The molecule has 2 N–H and O–H groups in total. The van der Waals surface area contributed by atoms with Gasteiger partial charge in [0.15, 0.2) is 17.2 Å². The summed E-state index contributed by atoms with van der Waals surface area (Å²) in [4.78, 5) is 29.9. The third kappa shape index (κ3) is 4.31. The monoisotopic (exact) mass is 396 g/mol. The Kier molecular flexibility index (Phi) is 5.45. The number of fused-ring (bicyclic) bond motifs is 1. The molecule has 3 rings (SSSR count). The molecule has 0 unspecified atom stereocenters. The van der Waals surface area contributed by atoms with Crippen molar-refractivity contribution in [3.63, 3.8) is 0 Å². The molecule has 0 aliphatic carbocycles. The molecule has 8 nitrogen and oxygen atoms in total. The lowest BCUT2D eigenvalue weighted by Gasteiger charge is -2.19. The number of nitrogens with one attached hydrogen (secondary N) is 2. The van der Waals surface area contributed by atoms with Crippen molar-refractivity contribution < 1.29 is 19.1 Å². The van der Waals surface area contributed by atoms with Crippen LogP contribution in [0.3, 0.4) is 0 Å². The van der Waals surface area contributed by atoms with E-state index in [1.807, 2.05) is 20.8 Å². The Bertz CT molecular complexity index is 1070. The average molecular weight is 396 g/mol. The molecule has 0 fully saturated rings. The van der Waals surface area contributed by atoms with Gasteiger partial charge in [0, 0.05) is 23.5 Å². The van der Waals surface area contributed by atoms with E-state index in [-0.39, 0.29) is 17.4 Å². The molecule has 2 amide bonds. The van der Waals surface area contributed by atoms with E-state index in [4.69, 9.17) is 9.47 Å². The second-order valence-corrected chi connectivity index (χ2v) is 7.47. The van der Waals surface area contributed by atoms with Gasteiger partial charge < -0.3 is 20.1 Å². The van der Waals surface area contributed by atoms with Crippen LogP contribution in [-0.4, -0.2) is 41.0 Å². The number of imidazole rings is 1. The summed E-state index contributed by atoms with van der Waals surface area (Å²) < 4.78 is 12.1. The number of nitrogens with zero attached hydrogens (tertiary/aromatic N) is 2. The fraction of sp³-hybridized carbons (Fsp3) is 0.286. The number of anilines is 1. The predicted molar refractivity (Wildman–Crippen MR) is 110 cm³/mol. The average Bonchev–Trinajstić information content (AvgIpc) is 3.06. The number of hydrogen-bond donors (Lipinski definition) is 2. The van der Waals surface area contributed by atoms with Crippen LogP contribution in [0.15, 0.2) is 42.6 Å². The second-order valence-electron chi connectivity index (χ2n) is 7.47. The molecule has 1 aromatic carbocycles. The van der Waals surface area contributed by atoms with Gasteiger partial charge in [-0.1, -0.05) is 6.07 Å². The molecular formula is C21H24N4O4. The number of rotatable bonds is 5. The summed E-state index contributed by atoms with van der Waals surface area (Å²) in [5, 5.41) is 5.67. The van der Waals surface area contributed by atoms with Crippen molar-refractivity contribution >= 4 is 23.0 Å². The molecule has 0 spiro atoms. The molecule has 152 valence electrons. The molecule has 0 saturated carbocycles. The Labute approximate surface area is 168 Å². The number of carbonyl (C=O) groups is 2. The van der Waals surface area contributed by atoms with Crippen LogP contribution in [0, 0.1) is 0 Å². The highest BCUT2D eigenvalue weighted by Crippen LogP contribution is 2.30. The number of carbonyl (C=O) groups excluding carboxylic acids is 2. The van der Waals surface area contributed by atoms with Crippen LogP contribution in [0.1, 0.15) is 41.9 Å². The summed E-state index contributed by atoms with van der Waals surface area (Å²) in [6.07, 6.45) is 1.69. The van der Waals surface area contributed by atoms with E-state index in [1.165, 1.54) is 14.2 Å². The first-order valence-electron chi connectivity index (χ1n) is 9.06. The Morgan fingerprint density at radius 2 is 1.72 bits per heavy atom. The van der Waals surface area contributed by atoms with Crippen molar-refractivity contribution in [3.05, 3.63) is 54.1 Å². The third-order valence-corrected chi connectivity index (χ3v) is 4.10. The molecule has 2 aromatic heterocycles. The molecule has 0 aliphatic heterocycles. The van der Waals surface area contributed by atoms with Crippen molar-refractivity contribution in [1.29, 1.82) is 0 Å². The summed E-state index contributed by atoms with van der Waals surface area (Å²) in [5.74, 6) is 0.357. The zero-order chi connectivity index (χ0) is 21.2. The smallest absolute Gasteiger partial charge is 0.292 e. The predicted octanol–water partition coefficient (Wildman–Crippen LogP) is 3.13. The normalized spacial score (nSPS) is 11.2. The highest BCUT2D eigenvalue weighted by Gasteiger charge is 2.24. The zero-order valence-electron chi connectivity index (χ0n) is 17.1. The maximum Gasteiger partial charge on any atom is 0.292 e. The van der Waals surface area contributed by atoms with Gasteiger partial charge in [0.25, 0.3) is 11.8 Å². The van der Waals surface area contributed by atoms with E-state index < -0.39 is 11.4 Å². The lowest BCUT2D eigenvalue weighted by Crippen LogP contribution is -2.40. The van der Waals surface area contributed by atoms with Crippen LogP contribution in [0.5, 0.6) is 11.5 Å². The quantitative estimate of drug-likeness (QED) is 0.691. The van der Waals surface area contributed by atoms with Gasteiger partial charge in [0.2, 0.25) is 5.82 Å². The van der Waals surface area contributed by atoms with Crippen LogP contribution < -0.4 is 20.1 Å². The molecule has 0 bridgehead atoms. The Balaban J connectivity index is 1.95. The molecule has 2 heterocycles. The molecular weight excluding hydrogens is 372 g/mol. The van der Waals surface area contributed by atoms with Crippen molar-refractivity contribution in [1.82, 2.24) is 14.7 Å². The fourth-order valence-electron chi connectivity index (χ4n) is 2.87. The third-order valence-electron chi connectivity index (χ3n) is 4.10. The first-order valence-corrected chi connectivity index (χ1v) is 9.06. The van der Waals surface area contributed by atoms with Gasteiger partial charge in [-0.05, 0) is 45.0 Å². The van der Waals surface area contributed by atoms with E-state index in [2.05, 4.69) is 15.6 Å². The van der Waals surface area contributed by atoms with Crippen molar-refractivity contribution in [2.45, 2.75) is 26.3 Å². The first kappa shape index (κ1) is 20.2. The first-order chi connectivity index (χ1) is 13.7. The molecule has 0 atom stereocenters. The lowest BCUT2D eigenvalue weighted by molar-refractivity contribution is 0.0916. The van der Waals surface area contributed by atoms with E-state index in [9.17, 15) is 9.59 Å². The molecule has 8 heteroatoms. The number of ether oxygens (including phenoxy) is 2. The number of aromatic nitrogens is 2. The number of amides is 2. The molecule has 0 aliphatic rings. The Morgan fingerprint density at radius 3 is 2.38 bits per heavy atom. The second kappa shape index (κ2) is 7.83. The van der Waals surface area contributed by atoms with Crippen LogP contribution in [0.2, 0.25) is 0 Å². The highest BCUT2D eigenvalue weighted by molar-refractivity contribution is 6.06. The van der Waals surface area contributed by atoms with Crippen molar-refractivity contribution in [3.8, 4) is 11.5 Å². The summed E-state index contributed by atoms with van der Waals surface area (Å²) in [6, 6.07) is 10.4.